The predicted octanol–water partition coefficient (Wildman–Crippen LogP) is 5.53. The fourth-order valence-electron chi connectivity index (χ4n) is 6.01. The van der Waals surface area contributed by atoms with E-state index >= 15 is 0 Å². The number of aromatic nitrogens is 2. The molecule has 1 saturated carbocycles. The van der Waals surface area contributed by atoms with Crippen LogP contribution < -0.4 is 20.4 Å². The van der Waals surface area contributed by atoms with Gasteiger partial charge in [0.15, 0.2) is 5.11 Å². The molecule has 0 bridgehead atoms. The molecule has 2 N–H and O–H groups in total. The number of benzene rings is 1. The largest absolute Gasteiger partial charge is 0.378 e. The van der Waals surface area contributed by atoms with E-state index in [1.807, 2.05) is 12.1 Å². The quantitative estimate of drug-likeness (QED) is 0.462. The number of thiocarbonyl (C=S) groups is 1. The van der Waals surface area contributed by atoms with Crippen LogP contribution in [0.3, 0.4) is 0 Å². The van der Waals surface area contributed by atoms with E-state index in [9.17, 15) is 0 Å². The minimum Gasteiger partial charge on any atom is -0.378 e. The Bertz CT molecular complexity index is 1060. The van der Waals surface area contributed by atoms with E-state index in [-0.39, 0.29) is 5.41 Å². The third kappa shape index (κ3) is 6.47. The first-order chi connectivity index (χ1) is 18.0. The molecule has 0 spiro atoms. The molecule has 3 aliphatic rings. The number of nitrogens with zero attached hydrogens (tertiary/aromatic N) is 4. The molecule has 0 radical (unpaired) electrons. The Morgan fingerprint density at radius 1 is 1.03 bits per heavy atom. The van der Waals surface area contributed by atoms with Crippen LogP contribution in [0.1, 0.15) is 63.9 Å². The van der Waals surface area contributed by atoms with Crippen LogP contribution >= 0.6 is 23.8 Å². The van der Waals surface area contributed by atoms with Gasteiger partial charge in [-0.15, -0.1) is 0 Å². The van der Waals surface area contributed by atoms with Gasteiger partial charge in [0.05, 0.1) is 13.2 Å². The Kier molecular flexibility index (Phi) is 8.67. The minimum atomic E-state index is 0.0550. The number of anilines is 3. The highest BCUT2D eigenvalue weighted by atomic mass is 35.5. The summed E-state index contributed by atoms with van der Waals surface area (Å²) in [7, 11) is 0. The molecule has 2 saturated heterocycles. The highest BCUT2D eigenvalue weighted by molar-refractivity contribution is 7.80. The van der Waals surface area contributed by atoms with Crippen molar-refractivity contribution in [2.75, 3.05) is 54.5 Å². The Morgan fingerprint density at radius 2 is 1.76 bits per heavy atom. The summed E-state index contributed by atoms with van der Waals surface area (Å²) in [6, 6.07) is 10.9. The van der Waals surface area contributed by atoms with Crippen LogP contribution in [-0.4, -0.2) is 60.5 Å². The van der Waals surface area contributed by atoms with Gasteiger partial charge in [0.25, 0.3) is 0 Å². The van der Waals surface area contributed by atoms with Crippen molar-refractivity contribution in [2.45, 2.75) is 69.7 Å². The van der Waals surface area contributed by atoms with Crippen molar-refractivity contribution in [3.63, 3.8) is 0 Å². The van der Waals surface area contributed by atoms with Crippen LogP contribution in [-0.2, 0) is 10.2 Å². The molecule has 1 aromatic carbocycles. The van der Waals surface area contributed by atoms with E-state index in [4.69, 9.17) is 38.5 Å². The fraction of sp³-hybridized carbons (Fsp3) is 0.607. The smallest absolute Gasteiger partial charge is 0.232 e. The van der Waals surface area contributed by atoms with Gasteiger partial charge in [0.1, 0.15) is 11.6 Å². The second-order valence-corrected chi connectivity index (χ2v) is 11.5. The summed E-state index contributed by atoms with van der Waals surface area (Å²) < 4.78 is 5.57. The second-order valence-electron chi connectivity index (χ2n) is 10.7. The van der Waals surface area contributed by atoms with Crippen LogP contribution in [0.2, 0.25) is 5.02 Å². The van der Waals surface area contributed by atoms with E-state index < -0.39 is 0 Å². The lowest BCUT2D eigenvalue weighted by Gasteiger charge is -2.38. The van der Waals surface area contributed by atoms with E-state index in [1.54, 1.807) is 0 Å². The van der Waals surface area contributed by atoms with Gasteiger partial charge in [-0.1, -0.05) is 43.0 Å². The molecule has 2 aromatic rings. The van der Waals surface area contributed by atoms with Gasteiger partial charge in [-0.05, 0) is 68.9 Å². The van der Waals surface area contributed by atoms with Crippen LogP contribution in [0.25, 0.3) is 0 Å². The standard InChI is InChI=1S/C28H39ClN6OS/c1-21-7-3-6-14-35(21)25-19-24(34-15-17-36-18-16-34)31-26(32-25)33-27(37)30-20-28(12-4-2-5-13-28)22-8-10-23(29)11-9-22/h8-11,19,21H,2-7,12-18,20H2,1H3,(H2,30,31,32,33,37)/t21-/m0/s1. The van der Waals surface area contributed by atoms with Crippen LogP contribution in [0.4, 0.5) is 17.6 Å². The van der Waals surface area contributed by atoms with Gasteiger partial charge >= 0.3 is 0 Å². The lowest BCUT2D eigenvalue weighted by Crippen LogP contribution is -2.44. The number of halogens is 1. The van der Waals surface area contributed by atoms with Crippen molar-refractivity contribution >= 4 is 46.5 Å². The molecule has 200 valence electrons. The van der Waals surface area contributed by atoms with Crippen molar-refractivity contribution in [2.24, 2.45) is 0 Å². The molecule has 2 aliphatic heterocycles. The maximum atomic E-state index is 6.19. The van der Waals surface area contributed by atoms with Gasteiger partial charge in [0.2, 0.25) is 5.95 Å². The number of nitrogens with one attached hydrogen (secondary N) is 2. The van der Waals surface area contributed by atoms with Gasteiger partial charge < -0.3 is 25.2 Å². The lowest BCUT2D eigenvalue weighted by atomic mass is 9.69. The maximum Gasteiger partial charge on any atom is 0.232 e. The van der Waals surface area contributed by atoms with E-state index in [0.29, 0.717) is 17.1 Å². The molecule has 9 heteroatoms. The summed E-state index contributed by atoms with van der Waals surface area (Å²) in [5, 5.41) is 8.19. The predicted molar refractivity (Wildman–Crippen MR) is 156 cm³/mol. The zero-order chi connectivity index (χ0) is 25.7. The van der Waals surface area contributed by atoms with Gasteiger partial charge in [-0.2, -0.15) is 9.97 Å². The third-order valence-electron chi connectivity index (χ3n) is 8.21. The summed E-state index contributed by atoms with van der Waals surface area (Å²) in [6.45, 7) is 7.18. The fourth-order valence-corrected chi connectivity index (χ4v) is 6.30. The normalized spacial score (nSPS) is 21.9. The lowest BCUT2D eigenvalue weighted by molar-refractivity contribution is 0.122. The monoisotopic (exact) mass is 542 g/mol. The molecule has 1 atom stereocenters. The van der Waals surface area contributed by atoms with Crippen LogP contribution in [0.5, 0.6) is 0 Å². The summed E-state index contributed by atoms with van der Waals surface area (Å²) in [5.74, 6) is 2.46. The minimum absolute atomic E-state index is 0.0550. The van der Waals surface area contributed by atoms with Crippen LogP contribution in [0, 0.1) is 0 Å². The van der Waals surface area contributed by atoms with E-state index in [0.717, 1.165) is 68.9 Å². The summed E-state index contributed by atoms with van der Waals surface area (Å²) in [4.78, 5) is 14.5. The average molecular weight is 543 g/mol. The van der Waals surface area contributed by atoms with E-state index in [1.165, 1.54) is 44.1 Å². The zero-order valence-corrected chi connectivity index (χ0v) is 23.4. The number of ether oxygens (including phenoxy) is 1. The Balaban J connectivity index is 1.33. The zero-order valence-electron chi connectivity index (χ0n) is 21.8. The topological polar surface area (TPSA) is 65.6 Å². The number of piperidine rings is 1. The molecule has 1 aliphatic carbocycles. The molecular formula is C28H39ClN6OS. The molecule has 0 amide bonds. The van der Waals surface area contributed by atoms with Gasteiger partial charge in [-0.25, -0.2) is 0 Å². The third-order valence-corrected chi connectivity index (χ3v) is 8.71. The molecule has 0 unspecified atom stereocenters. The molecule has 37 heavy (non-hydrogen) atoms. The molecule has 3 heterocycles. The van der Waals surface area contributed by atoms with Crippen LogP contribution in [0.15, 0.2) is 30.3 Å². The number of hydrogen-bond acceptors (Lipinski definition) is 6. The average Bonchev–Trinajstić information content (AvgIpc) is 2.93. The van der Waals surface area contributed by atoms with Crippen molar-refractivity contribution in [1.29, 1.82) is 0 Å². The Hall–Kier alpha value is -2.16. The first-order valence-corrected chi connectivity index (χ1v) is 14.6. The molecule has 5 rings (SSSR count). The van der Waals surface area contributed by atoms with Crippen molar-refractivity contribution in [3.8, 4) is 0 Å². The first kappa shape index (κ1) is 26.4. The summed E-state index contributed by atoms with van der Waals surface area (Å²) in [6.07, 6.45) is 9.68. The SMILES string of the molecule is C[C@H]1CCCCN1c1cc(N2CCOCC2)nc(NC(=S)NCC2(c3ccc(Cl)cc3)CCCCC2)n1. The van der Waals surface area contributed by atoms with Gasteiger partial charge in [-0.3, -0.25) is 0 Å². The highest BCUT2D eigenvalue weighted by Crippen LogP contribution is 2.39. The molecule has 3 fully saturated rings. The molecule has 1 aromatic heterocycles. The number of rotatable bonds is 6. The molecular weight excluding hydrogens is 504 g/mol. The first-order valence-electron chi connectivity index (χ1n) is 13.8. The van der Waals surface area contributed by atoms with Crippen molar-refractivity contribution in [3.05, 3.63) is 40.9 Å². The van der Waals surface area contributed by atoms with Gasteiger partial charge in [0, 0.05) is 48.7 Å². The number of morpholine rings is 1. The van der Waals surface area contributed by atoms with Crippen molar-refractivity contribution in [1.82, 2.24) is 15.3 Å². The summed E-state index contributed by atoms with van der Waals surface area (Å²) >= 11 is 12.0. The maximum absolute atomic E-state index is 6.19. The second kappa shape index (κ2) is 12.1. The molecule has 7 nitrogen and oxygen atoms in total. The Morgan fingerprint density at radius 3 is 2.49 bits per heavy atom. The summed E-state index contributed by atoms with van der Waals surface area (Å²) in [5.41, 5.74) is 1.39. The number of hydrogen-bond donors (Lipinski definition) is 2. The highest BCUT2D eigenvalue weighted by Gasteiger charge is 2.34. The Labute approximate surface area is 231 Å². The van der Waals surface area contributed by atoms with Crippen molar-refractivity contribution < 1.29 is 4.74 Å². The van der Waals surface area contributed by atoms with E-state index in [2.05, 4.69) is 45.6 Å².